The fraction of sp³-hybridized carbons (Fsp3) is 1.00. The van der Waals surface area contributed by atoms with Crippen LogP contribution in [0.15, 0.2) is 0 Å². The van der Waals surface area contributed by atoms with Gasteiger partial charge >= 0.3 is 0 Å². The van der Waals surface area contributed by atoms with E-state index in [0.29, 0.717) is 5.41 Å². The zero-order valence-electron chi connectivity index (χ0n) is 10.9. The molecule has 1 aliphatic rings. The molecule has 0 bridgehead atoms. The quantitative estimate of drug-likeness (QED) is 0.749. The third-order valence-corrected chi connectivity index (χ3v) is 4.02. The maximum absolute atomic E-state index is 9.54. The van der Waals surface area contributed by atoms with Crippen LogP contribution in [0.4, 0.5) is 0 Å². The van der Waals surface area contributed by atoms with Crippen molar-refractivity contribution in [1.29, 1.82) is 0 Å². The zero-order chi connectivity index (χ0) is 11.5. The Morgan fingerprint density at radius 3 is 2.07 bits per heavy atom. The molecule has 0 radical (unpaired) electrons. The van der Waals surface area contributed by atoms with Gasteiger partial charge in [-0.15, -0.1) is 0 Å². The standard InChI is InChI=1S/C14H28O/c1-5-6-13(14(2,3)4)11-7-9-12(15)10-8-11/h11-13,15H,5-10H2,1-4H3. The van der Waals surface area contributed by atoms with Gasteiger partial charge in [0, 0.05) is 0 Å². The van der Waals surface area contributed by atoms with E-state index in [1.807, 2.05) is 0 Å². The first kappa shape index (κ1) is 13.0. The van der Waals surface area contributed by atoms with Gasteiger partial charge in [-0.2, -0.15) is 0 Å². The van der Waals surface area contributed by atoms with Crippen LogP contribution in [0.5, 0.6) is 0 Å². The first-order chi connectivity index (χ1) is 6.95. The van der Waals surface area contributed by atoms with Crippen LogP contribution in [0.3, 0.4) is 0 Å². The van der Waals surface area contributed by atoms with E-state index in [4.69, 9.17) is 0 Å². The van der Waals surface area contributed by atoms with Crippen molar-refractivity contribution in [2.24, 2.45) is 17.3 Å². The van der Waals surface area contributed by atoms with Crippen LogP contribution in [0.1, 0.15) is 66.2 Å². The smallest absolute Gasteiger partial charge is 0.0540 e. The summed E-state index contributed by atoms with van der Waals surface area (Å²) in [5.74, 6) is 1.70. The van der Waals surface area contributed by atoms with Crippen LogP contribution in [-0.2, 0) is 0 Å². The molecular formula is C14H28O. The summed E-state index contributed by atoms with van der Waals surface area (Å²) in [6, 6.07) is 0. The van der Waals surface area contributed by atoms with E-state index >= 15 is 0 Å². The highest BCUT2D eigenvalue weighted by atomic mass is 16.3. The Morgan fingerprint density at radius 2 is 1.67 bits per heavy atom. The lowest BCUT2D eigenvalue weighted by Crippen LogP contribution is -2.32. The molecule has 1 saturated carbocycles. The minimum absolute atomic E-state index is 0.0107. The first-order valence-electron chi connectivity index (χ1n) is 6.63. The first-order valence-corrected chi connectivity index (χ1v) is 6.63. The van der Waals surface area contributed by atoms with Crippen molar-refractivity contribution in [1.82, 2.24) is 0 Å². The number of hydrogen-bond acceptors (Lipinski definition) is 1. The summed E-state index contributed by atoms with van der Waals surface area (Å²) >= 11 is 0. The van der Waals surface area contributed by atoms with Crippen LogP contribution in [-0.4, -0.2) is 11.2 Å². The van der Waals surface area contributed by atoms with Gasteiger partial charge in [-0.1, -0.05) is 34.1 Å². The fourth-order valence-corrected chi connectivity index (χ4v) is 3.19. The molecule has 1 rings (SSSR count). The molecule has 1 unspecified atom stereocenters. The molecule has 90 valence electrons. The van der Waals surface area contributed by atoms with Gasteiger partial charge in [0.15, 0.2) is 0 Å². The monoisotopic (exact) mass is 212 g/mol. The molecule has 0 aromatic carbocycles. The van der Waals surface area contributed by atoms with E-state index in [-0.39, 0.29) is 6.10 Å². The van der Waals surface area contributed by atoms with Crippen LogP contribution < -0.4 is 0 Å². The van der Waals surface area contributed by atoms with Crippen LogP contribution in [0, 0.1) is 17.3 Å². The summed E-state index contributed by atoms with van der Waals surface area (Å²) in [7, 11) is 0. The van der Waals surface area contributed by atoms with Crippen LogP contribution in [0.25, 0.3) is 0 Å². The highest BCUT2D eigenvalue weighted by Gasteiger charge is 2.33. The molecule has 1 atom stereocenters. The van der Waals surface area contributed by atoms with E-state index in [0.717, 1.165) is 24.7 Å². The summed E-state index contributed by atoms with van der Waals surface area (Å²) in [5.41, 5.74) is 0.434. The van der Waals surface area contributed by atoms with Gasteiger partial charge in [-0.3, -0.25) is 0 Å². The highest BCUT2D eigenvalue weighted by molar-refractivity contribution is 4.84. The molecule has 0 aliphatic heterocycles. The molecule has 0 spiro atoms. The predicted molar refractivity (Wildman–Crippen MR) is 65.8 cm³/mol. The van der Waals surface area contributed by atoms with E-state index < -0.39 is 0 Å². The van der Waals surface area contributed by atoms with Gasteiger partial charge in [0.1, 0.15) is 0 Å². The number of aliphatic hydroxyl groups is 1. The summed E-state index contributed by atoms with van der Waals surface area (Å²) in [6.07, 6.45) is 7.17. The largest absolute Gasteiger partial charge is 0.393 e. The fourth-order valence-electron chi connectivity index (χ4n) is 3.19. The van der Waals surface area contributed by atoms with Crippen LogP contribution in [0.2, 0.25) is 0 Å². The molecule has 0 saturated heterocycles. The molecule has 1 aliphatic carbocycles. The molecule has 1 fully saturated rings. The minimum Gasteiger partial charge on any atom is -0.393 e. The molecule has 0 heterocycles. The van der Waals surface area contributed by atoms with Gasteiger partial charge in [-0.25, -0.2) is 0 Å². The number of rotatable bonds is 3. The van der Waals surface area contributed by atoms with Crippen molar-refractivity contribution >= 4 is 0 Å². The lowest BCUT2D eigenvalue weighted by Gasteiger charge is -2.40. The third kappa shape index (κ3) is 3.79. The predicted octanol–water partition coefficient (Wildman–Crippen LogP) is 4.00. The lowest BCUT2D eigenvalue weighted by atomic mass is 9.66. The Kier molecular flexibility index (Phi) is 4.64. The topological polar surface area (TPSA) is 20.2 Å². The average Bonchev–Trinajstić information content (AvgIpc) is 2.14. The van der Waals surface area contributed by atoms with Gasteiger partial charge in [-0.05, 0) is 49.4 Å². The molecule has 1 nitrogen and oxygen atoms in total. The number of aliphatic hydroxyl groups excluding tert-OH is 1. The van der Waals surface area contributed by atoms with Crippen molar-refractivity contribution < 1.29 is 5.11 Å². The van der Waals surface area contributed by atoms with E-state index in [9.17, 15) is 5.11 Å². The second kappa shape index (κ2) is 5.34. The lowest BCUT2D eigenvalue weighted by molar-refractivity contribution is 0.0549. The number of hydrogen-bond donors (Lipinski definition) is 1. The molecule has 0 aromatic heterocycles. The Bertz CT molecular complexity index is 172. The summed E-state index contributed by atoms with van der Waals surface area (Å²) in [5, 5.41) is 9.54. The van der Waals surface area contributed by atoms with E-state index in [1.54, 1.807) is 0 Å². The Balaban J connectivity index is 2.56. The average molecular weight is 212 g/mol. The Hall–Kier alpha value is -0.0400. The van der Waals surface area contributed by atoms with E-state index in [2.05, 4.69) is 27.7 Å². The Labute approximate surface area is 95.3 Å². The van der Waals surface area contributed by atoms with Crippen molar-refractivity contribution in [2.75, 3.05) is 0 Å². The highest BCUT2D eigenvalue weighted by Crippen LogP contribution is 2.42. The van der Waals surface area contributed by atoms with Gasteiger partial charge in [0.05, 0.1) is 6.10 Å². The van der Waals surface area contributed by atoms with Gasteiger partial charge < -0.3 is 5.11 Å². The van der Waals surface area contributed by atoms with Crippen molar-refractivity contribution in [2.45, 2.75) is 72.3 Å². The minimum atomic E-state index is -0.0107. The third-order valence-electron chi connectivity index (χ3n) is 4.02. The maximum atomic E-state index is 9.54. The van der Waals surface area contributed by atoms with Crippen LogP contribution >= 0.6 is 0 Å². The van der Waals surface area contributed by atoms with Gasteiger partial charge in [0.25, 0.3) is 0 Å². The molecular weight excluding hydrogens is 184 g/mol. The van der Waals surface area contributed by atoms with Crippen molar-refractivity contribution in [3.05, 3.63) is 0 Å². The summed E-state index contributed by atoms with van der Waals surface area (Å²) in [4.78, 5) is 0. The summed E-state index contributed by atoms with van der Waals surface area (Å²) < 4.78 is 0. The molecule has 15 heavy (non-hydrogen) atoms. The summed E-state index contributed by atoms with van der Waals surface area (Å²) in [6.45, 7) is 9.41. The van der Waals surface area contributed by atoms with Crippen molar-refractivity contribution in [3.8, 4) is 0 Å². The van der Waals surface area contributed by atoms with Gasteiger partial charge in [0.2, 0.25) is 0 Å². The van der Waals surface area contributed by atoms with Crippen molar-refractivity contribution in [3.63, 3.8) is 0 Å². The molecule has 1 heteroatoms. The SMILES string of the molecule is CCCC(C1CCC(O)CC1)C(C)(C)C. The second-order valence-corrected chi connectivity index (χ2v) is 6.33. The molecule has 0 amide bonds. The zero-order valence-corrected chi connectivity index (χ0v) is 10.9. The molecule has 0 aromatic rings. The maximum Gasteiger partial charge on any atom is 0.0540 e. The second-order valence-electron chi connectivity index (χ2n) is 6.33. The van der Waals surface area contributed by atoms with E-state index in [1.165, 1.54) is 25.7 Å². The Morgan fingerprint density at radius 1 is 1.13 bits per heavy atom. The molecule has 1 N–H and O–H groups in total. The normalized spacial score (nSPS) is 30.2.